The maximum Gasteiger partial charge on any atom is 0.130 e. The highest BCUT2D eigenvalue weighted by molar-refractivity contribution is 6.35. The zero-order valence-corrected chi connectivity index (χ0v) is 15.1. The van der Waals surface area contributed by atoms with Crippen molar-refractivity contribution in [3.05, 3.63) is 67.6 Å². The van der Waals surface area contributed by atoms with E-state index < -0.39 is 5.60 Å². The highest BCUT2D eigenvalue weighted by atomic mass is 35.5. The molecule has 0 bridgehead atoms. The fourth-order valence-electron chi connectivity index (χ4n) is 3.16. The summed E-state index contributed by atoms with van der Waals surface area (Å²) < 4.78 is 0. The standard InChI is InChI=1S/C17H15Cl4NO/c18-12-4-10(5-13(19)8-12)17(23,16-2-1-3-22-16)11-6-14(20)9-15(21)7-11/h4-9,16,22-23H,1-3H2. The Morgan fingerprint density at radius 1 is 0.826 bits per heavy atom. The Morgan fingerprint density at radius 2 is 1.26 bits per heavy atom. The van der Waals surface area contributed by atoms with Crippen molar-refractivity contribution in [1.29, 1.82) is 0 Å². The number of benzene rings is 2. The molecule has 0 amide bonds. The number of halogens is 4. The van der Waals surface area contributed by atoms with Gasteiger partial charge in [-0.1, -0.05) is 46.4 Å². The van der Waals surface area contributed by atoms with Crippen molar-refractivity contribution in [3.63, 3.8) is 0 Å². The molecule has 1 saturated heterocycles. The molecule has 1 aliphatic heterocycles. The van der Waals surface area contributed by atoms with Crippen LogP contribution in [0.25, 0.3) is 0 Å². The van der Waals surface area contributed by atoms with Crippen LogP contribution in [0.15, 0.2) is 36.4 Å². The lowest BCUT2D eigenvalue weighted by atomic mass is 9.79. The van der Waals surface area contributed by atoms with Crippen molar-refractivity contribution in [2.45, 2.75) is 24.5 Å². The molecule has 6 heteroatoms. The molecule has 0 aromatic heterocycles. The average Bonchev–Trinajstić information content (AvgIpc) is 2.98. The van der Waals surface area contributed by atoms with Crippen LogP contribution in [-0.2, 0) is 5.60 Å². The highest BCUT2D eigenvalue weighted by Gasteiger charge is 2.42. The van der Waals surface area contributed by atoms with Crippen LogP contribution in [0.1, 0.15) is 24.0 Å². The predicted molar refractivity (Wildman–Crippen MR) is 96.9 cm³/mol. The first-order chi connectivity index (χ1) is 10.9. The average molecular weight is 391 g/mol. The van der Waals surface area contributed by atoms with Crippen LogP contribution in [0.4, 0.5) is 0 Å². The number of hydrogen-bond donors (Lipinski definition) is 2. The van der Waals surface area contributed by atoms with Gasteiger partial charge in [0.1, 0.15) is 5.60 Å². The Kier molecular flexibility index (Phi) is 5.12. The van der Waals surface area contributed by atoms with Gasteiger partial charge in [-0.25, -0.2) is 0 Å². The maximum atomic E-state index is 11.7. The minimum Gasteiger partial charge on any atom is -0.379 e. The SMILES string of the molecule is OC(c1cc(Cl)cc(Cl)c1)(c1cc(Cl)cc(Cl)c1)C1CCCN1. The molecule has 0 aliphatic carbocycles. The van der Waals surface area contributed by atoms with Crippen molar-refractivity contribution in [2.24, 2.45) is 0 Å². The van der Waals surface area contributed by atoms with Crippen LogP contribution in [0, 0.1) is 0 Å². The summed E-state index contributed by atoms with van der Waals surface area (Å²) >= 11 is 24.6. The summed E-state index contributed by atoms with van der Waals surface area (Å²) in [4.78, 5) is 0. The van der Waals surface area contributed by atoms with Crippen molar-refractivity contribution in [2.75, 3.05) is 6.54 Å². The zero-order valence-electron chi connectivity index (χ0n) is 12.1. The normalized spacial score (nSPS) is 18.4. The van der Waals surface area contributed by atoms with Crippen LogP contribution in [0.5, 0.6) is 0 Å². The molecule has 0 spiro atoms. The Labute approximate surface area is 155 Å². The summed E-state index contributed by atoms with van der Waals surface area (Å²) in [5.74, 6) is 0. The Bertz CT molecular complexity index is 637. The Balaban J connectivity index is 2.21. The summed E-state index contributed by atoms with van der Waals surface area (Å²) in [6, 6.07) is 10.0. The third-order valence-corrected chi connectivity index (χ3v) is 5.04. The minimum atomic E-state index is -1.32. The first-order valence-corrected chi connectivity index (χ1v) is 8.79. The molecule has 0 radical (unpaired) electrons. The van der Waals surface area contributed by atoms with Gasteiger partial charge in [-0.15, -0.1) is 0 Å². The van der Waals surface area contributed by atoms with E-state index in [1.54, 1.807) is 36.4 Å². The molecule has 1 fully saturated rings. The van der Waals surface area contributed by atoms with Crippen molar-refractivity contribution in [1.82, 2.24) is 5.32 Å². The molecule has 2 aromatic rings. The molecular formula is C17H15Cl4NO. The molecule has 1 unspecified atom stereocenters. The topological polar surface area (TPSA) is 32.3 Å². The maximum absolute atomic E-state index is 11.7. The zero-order chi connectivity index (χ0) is 16.6. The van der Waals surface area contributed by atoms with Crippen LogP contribution in [-0.4, -0.2) is 17.7 Å². The lowest BCUT2D eigenvalue weighted by Crippen LogP contribution is -2.46. The number of hydrogen-bond acceptors (Lipinski definition) is 2. The van der Waals surface area contributed by atoms with E-state index in [1.165, 1.54) is 0 Å². The van der Waals surface area contributed by atoms with Crippen LogP contribution < -0.4 is 5.32 Å². The first kappa shape index (κ1) is 17.3. The summed E-state index contributed by atoms with van der Waals surface area (Å²) in [7, 11) is 0. The summed E-state index contributed by atoms with van der Waals surface area (Å²) in [5.41, 5.74) is -0.0833. The molecule has 122 valence electrons. The van der Waals surface area contributed by atoms with Crippen molar-refractivity contribution in [3.8, 4) is 0 Å². The number of nitrogens with one attached hydrogen (secondary N) is 1. The lowest BCUT2D eigenvalue weighted by molar-refractivity contribution is 0.0443. The smallest absolute Gasteiger partial charge is 0.130 e. The summed E-state index contributed by atoms with van der Waals surface area (Å²) in [6.45, 7) is 0.843. The molecule has 23 heavy (non-hydrogen) atoms. The fraction of sp³-hybridized carbons (Fsp3) is 0.294. The molecule has 2 nitrogen and oxygen atoms in total. The number of rotatable bonds is 3. The van der Waals surface area contributed by atoms with E-state index in [0.29, 0.717) is 31.2 Å². The first-order valence-electron chi connectivity index (χ1n) is 7.28. The van der Waals surface area contributed by atoms with Gasteiger partial charge in [0, 0.05) is 26.1 Å². The fourth-order valence-corrected chi connectivity index (χ4v) is 4.21. The monoisotopic (exact) mass is 389 g/mol. The van der Waals surface area contributed by atoms with Crippen LogP contribution in [0.2, 0.25) is 20.1 Å². The molecule has 1 heterocycles. The third kappa shape index (κ3) is 3.48. The van der Waals surface area contributed by atoms with Gasteiger partial charge in [0.05, 0.1) is 0 Å². The van der Waals surface area contributed by atoms with E-state index in [9.17, 15) is 5.11 Å². The second-order valence-corrected chi connectivity index (χ2v) is 7.48. The second kappa shape index (κ2) is 6.79. The third-order valence-electron chi connectivity index (χ3n) is 4.17. The van der Waals surface area contributed by atoms with Gasteiger partial charge in [0.2, 0.25) is 0 Å². The molecule has 2 aromatic carbocycles. The van der Waals surface area contributed by atoms with Gasteiger partial charge in [-0.05, 0) is 66.9 Å². The summed E-state index contributed by atoms with van der Waals surface area (Å²) in [6.07, 6.45) is 1.81. The Hall–Kier alpha value is -0.480. The molecular weight excluding hydrogens is 376 g/mol. The van der Waals surface area contributed by atoms with E-state index in [1.807, 2.05) is 0 Å². The quantitative estimate of drug-likeness (QED) is 0.746. The highest BCUT2D eigenvalue weighted by Crippen LogP contribution is 2.40. The number of aliphatic hydroxyl groups is 1. The van der Waals surface area contributed by atoms with E-state index in [2.05, 4.69) is 5.32 Å². The van der Waals surface area contributed by atoms with Crippen molar-refractivity contribution >= 4 is 46.4 Å². The van der Waals surface area contributed by atoms with E-state index in [-0.39, 0.29) is 6.04 Å². The van der Waals surface area contributed by atoms with Crippen LogP contribution in [0.3, 0.4) is 0 Å². The summed E-state index contributed by atoms with van der Waals surface area (Å²) in [5, 5.41) is 16.9. The largest absolute Gasteiger partial charge is 0.379 e. The molecule has 1 atom stereocenters. The predicted octanol–water partition coefficient (Wildman–Crippen LogP) is 5.29. The molecule has 0 saturated carbocycles. The van der Waals surface area contributed by atoms with Crippen molar-refractivity contribution < 1.29 is 5.11 Å². The second-order valence-electron chi connectivity index (χ2n) is 5.73. The van der Waals surface area contributed by atoms with Gasteiger partial charge < -0.3 is 10.4 Å². The van der Waals surface area contributed by atoms with E-state index in [4.69, 9.17) is 46.4 Å². The molecule has 3 rings (SSSR count). The minimum absolute atomic E-state index is 0.174. The van der Waals surface area contributed by atoms with Gasteiger partial charge in [0.15, 0.2) is 0 Å². The van der Waals surface area contributed by atoms with Crippen LogP contribution >= 0.6 is 46.4 Å². The van der Waals surface area contributed by atoms with E-state index >= 15 is 0 Å². The lowest BCUT2D eigenvalue weighted by Gasteiger charge is -2.36. The van der Waals surface area contributed by atoms with Gasteiger partial charge >= 0.3 is 0 Å². The van der Waals surface area contributed by atoms with Gasteiger partial charge in [-0.3, -0.25) is 0 Å². The Morgan fingerprint density at radius 3 is 1.61 bits per heavy atom. The van der Waals surface area contributed by atoms with E-state index in [0.717, 1.165) is 19.4 Å². The van der Waals surface area contributed by atoms with Gasteiger partial charge in [0.25, 0.3) is 0 Å². The molecule has 1 aliphatic rings. The van der Waals surface area contributed by atoms with Gasteiger partial charge in [-0.2, -0.15) is 0 Å². The molecule has 2 N–H and O–H groups in total.